The number of hydrogen-bond acceptors (Lipinski definition) is 6. The number of esters is 3. The molecule has 0 aliphatic heterocycles. The first-order valence-electron chi connectivity index (χ1n) is 29.9. The van der Waals surface area contributed by atoms with E-state index in [4.69, 9.17) is 14.2 Å². The molecule has 6 nitrogen and oxygen atoms in total. The molecule has 0 heterocycles. The molecule has 0 rings (SSSR count). The summed E-state index contributed by atoms with van der Waals surface area (Å²) in [4.78, 5) is 38.2. The number of hydrogen-bond donors (Lipinski definition) is 0. The molecule has 0 saturated heterocycles. The lowest BCUT2D eigenvalue weighted by molar-refractivity contribution is -0.167. The Labute approximate surface area is 412 Å². The van der Waals surface area contributed by atoms with Crippen molar-refractivity contribution in [3.63, 3.8) is 0 Å². The molecule has 0 amide bonds. The maximum Gasteiger partial charge on any atom is 0.306 e. The van der Waals surface area contributed by atoms with Gasteiger partial charge in [0.25, 0.3) is 0 Å². The minimum Gasteiger partial charge on any atom is -0.462 e. The highest BCUT2D eigenvalue weighted by atomic mass is 16.6. The third-order valence-electron chi connectivity index (χ3n) is 14.2. The first kappa shape index (κ1) is 64.4. The molecule has 0 aliphatic carbocycles. The Kier molecular flexibility index (Phi) is 53.0. The van der Waals surface area contributed by atoms with E-state index in [1.165, 1.54) is 238 Å². The summed E-state index contributed by atoms with van der Waals surface area (Å²) in [6.07, 6.45) is 59.5. The van der Waals surface area contributed by atoms with Gasteiger partial charge in [-0.15, -0.1) is 0 Å². The molecule has 0 saturated carbocycles. The molecule has 0 bridgehead atoms. The number of carbonyl (C=O) groups is 3. The summed E-state index contributed by atoms with van der Waals surface area (Å²) in [6, 6.07) is 0. The summed E-state index contributed by atoms with van der Waals surface area (Å²) in [5.74, 6) is 0.0357. The van der Waals surface area contributed by atoms with Crippen LogP contribution in [0.3, 0.4) is 0 Å². The zero-order chi connectivity index (χ0) is 48.1. The molecule has 66 heavy (non-hydrogen) atoms. The van der Waals surface area contributed by atoms with Crippen LogP contribution in [-0.2, 0) is 28.6 Å². The van der Waals surface area contributed by atoms with Crippen LogP contribution in [0.1, 0.15) is 342 Å². The summed E-state index contributed by atoms with van der Waals surface area (Å²) in [5.41, 5.74) is 0. The number of rotatable bonds is 55. The van der Waals surface area contributed by atoms with E-state index in [1.807, 2.05) is 0 Å². The van der Waals surface area contributed by atoms with Crippen LogP contribution in [0.2, 0.25) is 0 Å². The van der Waals surface area contributed by atoms with E-state index >= 15 is 0 Å². The van der Waals surface area contributed by atoms with Crippen LogP contribution in [0, 0.1) is 5.92 Å². The van der Waals surface area contributed by atoms with E-state index in [-0.39, 0.29) is 31.1 Å². The summed E-state index contributed by atoms with van der Waals surface area (Å²) < 4.78 is 16.9. The standard InChI is InChI=1S/C60H116O6/c1-5-8-10-12-14-16-18-20-22-23-24-25-27-28-30-35-39-43-47-51-58(61)64-54-57(55-65-59(62)52-48-44-40-36-33-32-34-38-42-46-50-56(4)7-3)66-60(63)53-49-45-41-37-31-29-26-21-19-17-15-13-11-9-6-2/h56-57H,5-55H2,1-4H3/t56?,57-/m1/s1. The van der Waals surface area contributed by atoms with Gasteiger partial charge >= 0.3 is 17.9 Å². The fourth-order valence-corrected chi connectivity index (χ4v) is 9.25. The Balaban J connectivity index is 4.28. The van der Waals surface area contributed by atoms with Gasteiger partial charge in [0.05, 0.1) is 0 Å². The molecule has 0 aliphatic rings. The van der Waals surface area contributed by atoms with Crippen molar-refractivity contribution in [2.75, 3.05) is 13.2 Å². The fourth-order valence-electron chi connectivity index (χ4n) is 9.25. The minimum absolute atomic E-state index is 0.0618. The maximum absolute atomic E-state index is 12.9. The van der Waals surface area contributed by atoms with Crippen molar-refractivity contribution in [1.29, 1.82) is 0 Å². The second kappa shape index (κ2) is 54.4. The molecule has 0 aromatic rings. The zero-order valence-corrected chi connectivity index (χ0v) is 45.2. The SMILES string of the molecule is CCCCCCCCCCCCCCCCCCCCCC(=O)OC[C@H](COC(=O)CCCCCCCCCCCCC(C)CC)OC(=O)CCCCCCCCCCCCCCCCC. The molecule has 0 fully saturated rings. The Bertz CT molecular complexity index is 998. The minimum atomic E-state index is -0.762. The van der Waals surface area contributed by atoms with Crippen molar-refractivity contribution >= 4 is 17.9 Å². The second-order valence-electron chi connectivity index (χ2n) is 20.9. The van der Waals surface area contributed by atoms with Gasteiger partial charge in [-0.1, -0.05) is 304 Å². The Hall–Kier alpha value is -1.59. The highest BCUT2D eigenvalue weighted by molar-refractivity contribution is 5.71. The highest BCUT2D eigenvalue weighted by Gasteiger charge is 2.19. The molecule has 1 unspecified atom stereocenters. The maximum atomic E-state index is 12.9. The lowest BCUT2D eigenvalue weighted by Gasteiger charge is -2.18. The molecular weight excluding hydrogens is 817 g/mol. The summed E-state index contributed by atoms with van der Waals surface area (Å²) >= 11 is 0. The Morgan fingerprint density at radius 1 is 0.303 bits per heavy atom. The van der Waals surface area contributed by atoms with Crippen LogP contribution in [0.15, 0.2) is 0 Å². The normalized spacial score (nSPS) is 12.4. The molecule has 2 atom stereocenters. The van der Waals surface area contributed by atoms with E-state index in [2.05, 4.69) is 27.7 Å². The predicted octanol–water partition coefficient (Wildman–Crippen LogP) is 19.8. The van der Waals surface area contributed by atoms with Crippen molar-refractivity contribution in [1.82, 2.24) is 0 Å². The lowest BCUT2D eigenvalue weighted by atomic mass is 9.99. The monoisotopic (exact) mass is 933 g/mol. The third kappa shape index (κ3) is 51.8. The molecule has 0 N–H and O–H groups in total. The third-order valence-corrected chi connectivity index (χ3v) is 14.2. The van der Waals surface area contributed by atoms with E-state index in [0.717, 1.165) is 63.7 Å². The molecule has 0 radical (unpaired) electrons. The van der Waals surface area contributed by atoms with Crippen LogP contribution in [0.4, 0.5) is 0 Å². The van der Waals surface area contributed by atoms with Crippen molar-refractivity contribution in [3.05, 3.63) is 0 Å². The van der Waals surface area contributed by atoms with Gasteiger partial charge in [-0.3, -0.25) is 14.4 Å². The molecule has 0 aromatic carbocycles. The number of carbonyl (C=O) groups excluding carboxylic acids is 3. The summed E-state index contributed by atoms with van der Waals surface area (Å²) in [5, 5.41) is 0. The van der Waals surface area contributed by atoms with Crippen LogP contribution >= 0.6 is 0 Å². The van der Waals surface area contributed by atoms with Crippen molar-refractivity contribution in [2.45, 2.75) is 348 Å². The lowest BCUT2D eigenvalue weighted by Crippen LogP contribution is -2.30. The van der Waals surface area contributed by atoms with Crippen molar-refractivity contribution in [2.24, 2.45) is 5.92 Å². The second-order valence-corrected chi connectivity index (χ2v) is 20.9. The van der Waals surface area contributed by atoms with Gasteiger partial charge in [-0.25, -0.2) is 0 Å². The molecular formula is C60H116O6. The van der Waals surface area contributed by atoms with E-state index < -0.39 is 6.10 Å². The van der Waals surface area contributed by atoms with Gasteiger partial charge < -0.3 is 14.2 Å². The highest BCUT2D eigenvalue weighted by Crippen LogP contribution is 2.19. The van der Waals surface area contributed by atoms with Crippen LogP contribution in [0.5, 0.6) is 0 Å². The van der Waals surface area contributed by atoms with Crippen molar-refractivity contribution in [3.8, 4) is 0 Å². The van der Waals surface area contributed by atoms with Gasteiger partial charge in [-0.2, -0.15) is 0 Å². The topological polar surface area (TPSA) is 78.9 Å². The first-order valence-corrected chi connectivity index (χ1v) is 29.9. The van der Waals surface area contributed by atoms with Gasteiger partial charge in [0.1, 0.15) is 13.2 Å². The molecule has 0 aromatic heterocycles. The van der Waals surface area contributed by atoms with Crippen molar-refractivity contribution < 1.29 is 28.6 Å². The zero-order valence-electron chi connectivity index (χ0n) is 45.2. The average molecular weight is 934 g/mol. The van der Waals surface area contributed by atoms with E-state index in [9.17, 15) is 14.4 Å². The van der Waals surface area contributed by atoms with Gasteiger partial charge in [0, 0.05) is 19.3 Å². The van der Waals surface area contributed by atoms with Crippen LogP contribution in [-0.4, -0.2) is 37.2 Å². The van der Waals surface area contributed by atoms with Gasteiger partial charge in [0.15, 0.2) is 6.10 Å². The smallest absolute Gasteiger partial charge is 0.306 e. The Morgan fingerprint density at radius 3 is 0.788 bits per heavy atom. The molecule has 392 valence electrons. The number of unbranched alkanes of at least 4 members (excludes halogenated alkanes) is 41. The van der Waals surface area contributed by atoms with Gasteiger partial charge in [-0.05, 0) is 25.2 Å². The summed E-state index contributed by atoms with van der Waals surface area (Å²) in [6.45, 7) is 9.09. The summed E-state index contributed by atoms with van der Waals surface area (Å²) in [7, 11) is 0. The number of ether oxygens (including phenoxy) is 3. The quantitative estimate of drug-likeness (QED) is 0.0343. The van der Waals surface area contributed by atoms with Crippen LogP contribution in [0.25, 0.3) is 0 Å². The Morgan fingerprint density at radius 2 is 0.530 bits per heavy atom. The molecule has 0 spiro atoms. The first-order chi connectivity index (χ1) is 32.4. The molecule has 6 heteroatoms. The van der Waals surface area contributed by atoms with Gasteiger partial charge in [0.2, 0.25) is 0 Å². The largest absolute Gasteiger partial charge is 0.462 e. The van der Waals surface area contributed by atoms with E-state index in [0.29, 0.717) is 19.3 Å². The average Bonchev–Trinajstić information content (AvgIpc) is 3.32. The van der Waals surface area contributed by atoms with Crippen LogP contribution < -0.4 is 0 Å². The van der Waals surface area contributed by atoms with E-state index in [1.54, 1.807) is 0 Å². The predicted molar refractivity (Wildman–Crippen MR) is 284 cm³/mol. The fraction of sp³-hybridized carbons (Fsp3) is 0.950.